The van der Waals surface area contributed by atoms with Crippen LogP contribution in [-0.4, -0.2) is 37.5 Å². The van der Waals surface area contributed by atoms with Crippen LogP contribution in [0.4, 0.5) is 5.69 Å². The number of rotatable bonds is 4. The minimum atomic E-state index is -1.35. The van der Waals surface area contributed by atoms with Crippen molar-refractivity contribution in [1.29, 1.82) is 0 Å². The summed E-state index contributed by atoms with van der Waals surface area (Å²) in [7, 11) is 0. The number of hydrogen-bond acceptors (Lipinski definition) is 6. The molecule has 0 bridgehead atoms. The SMILES string of the molecule is Nc1c(O)c(CC(=O)O)c(O)c(CC(=O)O)c1O. The van der Waals surface area contributed by atoms with Gasteiger partial charge in [0.25, 0.3) is 0 Å². The molecule has 0 spiro atoms. The molecule has 98 valence electrons. The van der Waals surface area contributed by atoms with Crippen LogP contribution in [0, 0.1) is 0 Å². The summed E-state index contributed by atoms with van der Waals surface area (Å²) in [6.07, 6.45) is -1.51. The van der Waals surface area contributed by atoms with Crippen LogP contribution in [0.5, 0.6) is 17.2 Å². The molecule has 0 radical (unpaired) electrons. The van der Waals surface area contributed by atoms with E-state index in [1.807, 2.05) is 0 Å². The molecule has 0 atom stereocenters. The second-order valence-corrected chi connectivity index (χ2v) is 3.56. The lowest BCUT2D eigenvalue weighted by atomic mass is 10.00. The van der Waals surface area contributed by atoms with Gasteiger partial charge in [0, 0.05) is 11.1 Å². The largest absolute Gasteiger partial charge is 0.507 e. The van der Waals surface area contributed by atoms with Crippen LogP contribution in [0.25, 0.3) is 0 Å². The van der Waals surface area contributed by atoms with Crippen LogP contribution in [0.15, 0.2) is 0 Å². The highest BCUT2D eigenvalue weighted by atomic mass is 16.4. The smallest absolute Gasteiger partial charge is 0.308 e. The zero-order valence-electron chi connectivity index (χ0n) is 9.04. The topological polar surface area (TPSA) is 161 Å². The normalized spacial score (nSPS) is 10.2. The summed E-state index contributed by atoms with van der Waals surface area (Å²) in [5, 5.41) is 45.9. The molecule has 8 heteroatoms. The molecule has 0 aliphatic rings. The summed E-state index contributed by atoms with van der Waals surface area (Å²) in [6, 6.07) is 0. The van der Waals surface area contributed by atoms with E-state index < -0.39 is 58.8 Å². The third kappa shape index (κ3) is 2.37. The number of anilines is 1. The second-order valence-electron chi connectivity index (χ2n) is 3.56. The quantitative estimate of drug-likeness (QED) is 0.242. The van der Waals surface area contributed by atoms with E-state index in [4.69, 9.17) is 15.9 Å². The van der Waals surface area contributed by atoms with Crippen LogP contribution in [0.2, 0.25) is 0 Å². The Hall–Kier alpha value is -2.64. The van der Waals surface area contributed by atoms with Crippen molar-refractivity contribution >= 4 is 17.6 Å². The number of carboxylic acid groups (broad SMARTS) is 2. The first-order chi connectivity index (χ1) is 8.25. The highest BCUT2D eigenvalue weighted by molar-refractivity contribution is 5.82. The number of phenolic OH excluding ortho intramolecular Hbond substituents is 3. The molecule has 0 aliphatic carbocycles. The molecule has 8 nitrogen and oxygen atoms in total. The summed E-state index contributed by atoms with van der Waals surface area (Å²) >= 11 is 0. The number of carboxylic acids is 2. The first-order valence-corrected chi connectivity index (χ1v) is 4.73. The van der Waals surface area contributed by atoms with Crippen LogP contribution in [-0.2, 0) is 22.4 Å². The number of nitrogen functional groups attached to an aromatic ring is 1. The third-order valence-electron chi connectivity index (χ3n) is 2.31. The van der Waals surface area contributed by atoms with E-state index in [-0.39, 0.29) is 0 Å². The zero-order valence-corrected chi connectivity index (χ0v) is 9.04. The van der Waals surface area contributed by atoms with Gasteiger partial charge in [-0.05, 0) is 0 Å². The molecule has 0 saturated carbocycles. The van der Waals surface area contributed by atoms with Crippen molar-refractivity contribution in [2.45, 2.75) is 12.8 Å². The van der Waals surface area contributed by atoms with E-state index in [0.29, 0.717) is 0 Å². The molecule has 0 amide bonds. The van der Waals surface area contributed by atoms with Gasteiger partial charge >= 0.3 is 11.9 Å². The molecule has 0 unspecified atom stereocenters. The average Bonchev–Trinajstić information content (AvgIpc) is 2.27. The van der Waals surface area contributed by atoms with Gasteiger partial charge in [-0.3, -0.25) is 9.59 Å². The van der Waals surface area contributed by atoms with Gasteiger partial charge in [-0.25, -0.2) is 0 Å². The second kappa shape index (κ2) is 4.70. The first-order valence-electron chi connectivity index (χ1n) is 4.73. The van der Waals surface area contributed by atoms with Gasteiger partial charge in [-0.2, -0.15) is 0 Å². The maximum Gasteiger partial charge on any atom is 0.308 e. The molecule has 0 heterocycles. The zero-order chi connectivity index (χ0) is 14.0. The molecule has 1 rings (SSSR count). The van der Waals surface area contributed by atoms with Gasteiger partial charge in [-0.15, -0.1) is 0 Å². The number of benzene rings is 1. The van der Waals surface area contributed by atoms with Crippen molar-refractivity contribution in [1.82, 2.24) is 0 Å². The highest BCUT2D eigenvalue weighted by Gasteiger charge is 2.24. The molecule has 0 fully saturated rings. The van der Waals surface area contributed by atoms with Crippen molar-refractivity contribution < 1.29 is 35.1 Å². The Labute approximate surface area is 101 Å². The molecule has 0 saturated heterocycles. The maximum absolute atomic E-state index is 10.6. The molecule has 0 aromatic heterocycles. The van der Waals surface area contributed by atoms with Crippen LogP contribution >= 0.6 is 0 Å². The van der Waals surface area contributed by atoms with E-state index in [0.717, 1.165) is 0 Å². The Bertz CT molecular complexity index is 480. The number of aliphatic carboxylic acids is 2. The number of carbonyl (C=O) groups is 2. The summed E-state index contributed by atoms with van der Waals surface area (Å²) < 4.78 is 0. The van der Waals surface area contributed by atoms with E-state index in [2.05, 4.69) is 0 Å². The lowest BCUT2D eigenvalue weighted by Gasteiger charge is -2.14. The predicted molar refractivity (Wildman–Crippen MR) is 58.5 cm³/mol. The number of nitrogens with two attached hydrogens (primary N) is 1. The maximum atomic E-state index is 10.6. The summed E-state index contributed by atoms with van der Waals surface area (Å²) in [4.78, 5) is 21.1. The van der Waals surface area contributed by atoms with Crippen LogP contribution in [0.3, 0.4) is 0 Å². The first kappa shape index (κ1) is 13.4. The molecule has 1 aromatic rings. The molecular weight excluding hydrogens is 246 g/mol. The average molecular weight is 257 g/mol. The van der Waals surface area contributed by atoms with Gasteiger partial charge in [0.15, 0.2) is 0 Å². The molecule has 0 aliphatic heterocycles. The molecule has 1 aromatic carbocycles. The van der Waals surface area contributed by atoms with Crippen molar-refractivity contribution in [3.63, 3.8) is 0 Å². The molecular formula is C10H11NO7. The lowest BCUT2D eigenvalue weighted by molar-refractivity contribution is -0.137. The fraction of sp³-hybridized carbons (Fsp3) is 0.200. The molecule has 7 N–H and O–H groups in total. The van der Waals surface area contributed by atoms with Crippen molar-refractivity contribution in [2.24, 2.45) is 0 Å². The lowest BCUT2D eigenvalue weighted by Crippen LogP contribution is -2.07. The fourth-order valence-corrected chi connectivity index (χ4v) is 1.48. The Morgan fingerprint density at radius 3 is 1.44 bits per heavy atom. The van der Waals surface area contributed by atoms with E-state index in [1.165, 1.54) is 0 Å². The van der Waals surface area contributed by atoms with E-state index in [9.17, 15) is 24.9 Å². The monoisotopic (exact) mass is 257 g/mol. The number of phenols is 3. The summed E-state index contributed by atoms with van der Waals surface area (Å²) in [6.45, 7) is 0. The molecule has 18 heavy (non-hydrogen) atoms. The van der Waals surface area contributed by atoms with Gasteiger partial charge in [0.05, 0.1) is 12.8 Å². The van der Waals surface area contributed by atoms with E-state index >= 15 is 0 Å². The van der Waals surface area contributed by atoms with E-state index in [1.54, 1.807) is 0 Å². The Morgan fingerprint density at radius 2 is 1.17 bits per heavy atom. The van der Waals surface area contributed by atoms with Crippen LogP contribution < -0.4 is 5.73 Å². The number of hydrogen-bond donors (Lipinski definition) is 6. The Morgan fingerprint density at radius 1 is 0.833 bits per heavy atom. The third-order valence-corrected chi connectivity index (χ3v) is 2.31. The van der Waals surface area contributed by atoms with Gasteiger partial charge < -0.3 is 31.3 Å². The Balaban J connectivity index is 3.48. The summed E-state index contributed by atoms with van der Waals surface area (Å²) in [5.74, 6) is -5.05. The van der Waals surface area contributed by atoms with Crippen LogP contribution in [0.1, 0.15) is 11.1 Å². The number of aromatic hydroxyl groups is 3. The van der Waals surface area contributed by atoms with Gasteiger partial charge in [0.1, 0.15) is 22.9 Å². The van der Waals surface area contributed by atoms with Crippen molar-refractivity contribution in [3.8, 4) is 17.2 Å². The van der Waals surface area contributed by atoms with Crippen molar-refractivity contribution in [2.75, 3.05) is 5.73 Å². The highest BCUT2D eigenvalue weighted by Crippen LogP contribution is 2.44. The van der Waals surface area contributed by atoms with Crippen molar-refractivity contribution in [3.05, 3.63) is 11.1 Å². The standard InChI is InChI=1S/C10H11NO7/c11-7-9(17)3(1-5(12)13)8(16)4(10(7)18)2-6(14)15/h16-18H,1-2,11H2,(H,12,13)(H,14,15). The van der Waals surface area contributed by atoms with Gasteiger partial charge in [-0.1, -0.05) is 0 Å². The van der Waals surface area contributed by atoms with Gasteiger partial charge in [0.2, 0.25) is 0 Å². The minimum absolute atomic E-state index is 0.436. The predicted octanol–water partition coefficient (Wildman–Crippen LogP) is -0.360. The minimum Gasteiger partial charge on any atom is -0.507 e. The fourth-order valence-electron chi connectivity index (χ4n) is 1.48. The Kier molecular flexibility index (Phi) is 3.50. The summed E-state index contributed by atoms with van der Waals surface area (Å²) in [5.41, 5.74) is 3.87.